The lowest BCUT2D eigenvalue weighted by Gasteiger charge is -2.04. The summed E-state index contributed by atoms with van der Waals surface area (Å²) < 4.78 is 35.9. The molecule has 0 aliphatic rings. The zero-order valence-electron chi connectivity index (χ0n) is 7.35. The van der Waals surface area contributed by atoms with Crippen LogP contribution in [0.15, 0.2) is 29.3 Å². The van der Waals surface area contributed by atoms with Gasteiger partial charge in [0.2, 0.25) is 5.17 Å². The van der Waals surface area contributed by atoms with Crippen LogP contribution in [0, 0.1) is 0 Å². The summed E-state index contributed by atoms with van der Waals surface area (Å²) in [6.07, 6.45) is -4.59. The van der Waals surface area contributed by atoms with Crippen molar-refractivity contribution in [3.63, 3.8) is 0 Å². The Morgan fingerprint density at radius 2 is 1.87 bits per heavy atom. The Morgan fingerprint density at radius 3 is 2.40 bits per heavy atom. The van der Waals surface area contributed by atoms with Gasteiger partial charge in [0.25, 0.3) is 0 Å². The smallest absolute Gasteiger partial charge is 0.265 e. The first-order chi connectivity index (χ1) is 6.91. The second-order valence-electron chi connectivity index (χ2n) is 2.70. The van der Waals surface area contributed by atoms with Crippen molar-refractivity contribution >= 4 is 28.4 Å². The fourth-order valence-corrected chi connectivity index (χ4v) is 1.13. The van der Waals surface area contributed by atoms with Crippen molar-refractivity contribution < 1.29 is 13.2 Å². The number of hydrogen-bond donors (Lipinski definition) is 0. The van der Waals surface area contributed by atoms with Crippen molar-refractivity contribution in [2.45, 2.75) is 12.7 Å². The third-order valence-electron chi connectivity index (χ3n) is 1.58. The van der Waals surface area contributed by atoms with Crippen molar-refractivity contribution in [1.29, 1.82) is 0 Å². The van der Waals surface area contributed by atoms with Crippen LogP contribution in [-0.4, -0.2) is 11.3 Å². The van der Waals surface area contributed by atoms with Crippen molar-refractivity contribution in [3.05, 3.63) is 34.9 Å². The summed E-state index contributed by atoms with van der Waals surface area (Å²) in [6.45, 7) is -0.183. The maximum absolute atomic E-state index is 12.0. The Balaban J connectivity index is 2.77. The molecule has 1 aromatic carbocycles. The molecule has 0 saturated carbocycles. The molecule has 0 aliphatic carbocycles. The first kappa shape index (κ1) is 12.3. The topological polar surface area (TPSA) is 12.4 Å². The van der Waals surface area contributed by atoms with E-state index in [1.807, 2.05) is 0 Å². The summed E-state index contributed by atoms with van der Waals surface area (Å²) in [7, 11) is 0. The average Bonchev–Trinajstić information content (AvgIpc) is 2.14. The van der Waals surface area contributed by atoms with Gasteiger partial charge in [0.1, 0.15) is 0 Å². The molecule has 0 unspecified atom stereocenters. The number of hydrogen-bond acceptors (Lipinski definition) is 1. The van der Waals surface area contributed by atoms with Gasteiger partial charge in [-0.1, -0.05) is 41.4 Å². The second kappa shape index (κ2) is 4.86. The van der Waals surface area contributed by atoms with Crippen LogP contribution >= 0.6 is 23.2 Å². The minimum Gasteiger partial charge on any atom is -0.265 e. The van der Waals surface area contributed by atoms with Crippen LogP contribution in [-0.2, 0) is 6.54 Å². The highest BCUT2D eigenvalue weighted by molar-refractivity contribution is 6.66. The maximum Gasteiger partial charge on any atom is 0.444 e. The molecule has 0 atom stereocenters. The summed E-state index contributed by atoms with van der Waals surface area (Å²) in [5, 5.41) is -1.00. The molecule has 0 N–H and O–H groups in total. The average molecular weight is 256 g/mol. The highest BCUT2D eigenvalue weighted by atomic mass is 35.5. The lowest BCUT2D eigenvalue weighted by molar-refractivity contribution is -0.0561. The molecular formula is C9H6Cl2F3N. The zero-order valence-corrected chi connectivity index (χ0v) is 8.87. The molecule has 0 fully saturated rings. The van der Waals surface area contributed by atoms with Gasteiger partial charge in [-0.25, -0.2) is 0 Å². The monoisotopic (exact) mass is 255 g/mol. The highest BCUT2D eigenvalue weighted by Gasteiger charge is 2.34. The molecule has 0 amide bonds. The van der Waals surface area contributed by atoms with Crippen LogP contribution in [0.2, 0.25) is 5.02 Å². The fourth-order valence-electron chi connectivity index (χ4n) is 0.871. The number of rotatable bonds is 2. The molecule has 0 aliphatic heterocycles. The molecule has 82 valence electrons. The summed E-state index contributed by atoms with van der Waals surface area (Å²) in [4.78, 5) is 3.20. The third kappa shape index (κ3) is 3.72. The third-order valence-corrected chi connectivity index (χ3v) is 2.28. The number of benzene rings is 1. The van der Waals surface area contributed by atoms with E-state index in [1.165, 1.54) is 0 Å². The predicted molar refractivity (Wildman–Crippen MR) is 54.5 cm³/mol. The van der Waals surface area contributed by atoms with Crippen LogP contribution in [0.1, 0.15) is 5.56 Å². The Labute approximate surface area is 94.5 Å². The Bertz CT molecular complexity index is 374. The van der Waals surface area contributed by atoms with Crippen molar-refractivity contribution in [2.75, 3.05) is 0 Å². The van der Waals surface area contributed by atoms with E-state index < -0.39 is 11.3 Å². The van der Waals surface area contributed by atoms with Crippen LogP contribution in [0.4, 0.5) is 13.2 Å². The second-order valence-corrected chi connectivity index (χ2v) is 3.46. The van der Waals surface area contributed by atoms with E-state index >= 15 is 0 Å². The molecular weight excluding hydrogens is 250 g/mol. The Morgan fingerprint density at radius 1 is 1.27 bits per heavy atom. The van der Waals surface area contributed by atoms with Crippen molar-refractivity contribution in [3.8, 4) is 0 Å². The largest absolute Gasteiger partial charge is 0.444 e. The summed E-state index contributed by atoms with van der Waals surface area (Å²) in [5.41, 5.74) is 0.501. The molecule has 0 aromatic heterocycles. The van der Waals surface area contributed by atoms with Gasteiger partial charge in [0.15, 0.2) is 0 Å². The van der Waals surface area contributed by atoms with E-state index in [0.717, 1.165) is 0 Å². The van der Waals surface area contributed by atoms with Gasteiger partial charge < -0.3 is 0 Å². The number of alkyl halides is 3. The summed E-state index contributed by atoms with van der Waals surface area (Å²) >= 11 is 10.7. The summed E-state index contributed by atoms with van der Waals surface area (Å²) in [5.74, 6) is 0. The van der Waals surface area contributed by atoms with E-state index in [0.29, 0.717) is 10.6 Å². The Kier molecular flexibility index (Phi) is 3.99. The van der Waals surface area contributed by atoms with Crippen molar-refractivity contribution in [2.24, 2.45) is 4.99 Å². The molecule has 0 radical (unpaired) electrons. The standard InChI is InChI=1S/C9H6Cl2F3N/c10-7-4-2-1-3-6(7)5-15-8(11)9(12,13)14/h1-4H,5H2/b15-8+. The normalized spacial score (nSPS) is 13.0. The zero-order chi connectivity index (χ0) is 11.5. The van der Waals surface area contributed by atoms with Gasteiger partial charge >= 0.3 is 6.18 Å². The SMILES string of the molecule is FC(F)(F)/C(Cl)=N\Cc1ccccc1Cl. The van der Waals surface area contributed by atoms with Gasteiger partial charge in [-0.2, -0.15) is 13.2 Å². The molecule has 1 rings (SSSR count). The minimum absolute atomic E-state index is 0.183. The lowest BCUT2D eigenvalue weighted by atomic mass is 10.2. The minimum atomic E-state index is -4.59. The van der Waals surface area contributed by atoms with Crippen molar-refractivity contribution in [1.82, 2.24) is 0 Å². The lowest BCUT2D eigenvalue weighted by Crippen LogP contribution is -2.17. The van der Waals surface area contributed by atoms with E-state index in [1.54, 1.807) is 24.3 Å². The van der Waals surface area contributed by atoms with Gasteiger partial charge in [-0.3, -0.25) is 4.99 Å². The van der Waals surface area contributed by atoms with E-state index in [2.05, 4.69) is 4.99 Å². The fraction of sp³-hybridized carbons (Fsp3) is 0.222. The maximum atomic E-state index is 12.0. The van der Waals surface area contributed by atoms with Gasteiger partial charge in [-0.05, 0) is 11.6 Å². The molecule has 6 heteroatoms. The highest BCUT2D eigenvalue weighted by Crippen LogP contribution is 2.22. The molecule has 0 spiro atoms. The first-order valence-corrected chi connectivity index (χ1v) is 4.67. The molecule has 0 saturated heterocycles. The Hall–Kier alpha value is -0.740. The molecule has 0 bridgehead atoms. The van der Waals surface area contributed by atoms with E-state index in [-0.39, 0.29) is 6.54 Å². The van der Waals surface area contributed by atoms with E-state index in [9.17, 15) is 13.2 Å². The molecule has 0 heterocycles. The van der Waals surface area contributed by atoms with Gasteiger partial charge in [-0.15, -0.1) is 0 Å². The van der Waals surface area contributed by atoms with Crippen LogP contribution in [0.5, 0.6) is 0 Å². The number of nitrogens with zero attached hydrogens (tertiary/aromatic N) is 1. The molecule has 1 nitrogen and oxygen atoms in total. The first-order valence-electron chi connectivity index (χ1n) is 3.92. The van der Waals surface area contributed by atoms with Crippen LogP contribution in [0.25, 0.3) is 0 Å². The van der Waals surface area contributed by atoms with Gasteiger partial charge in [0.05, 0.1) is 6.54 Å². The number of halogens is 5. The predicted octanol–water partition coefficient (Wildman–Crippen LogP) is 4.04. The molecule has 15 heavy (non-hydrogen) atoms. The van der Waals surface area contributed by atoms with Crippen LogP contribution in [0.3, 0.4) is 0 Å². The molecule has 1 aromatic rings. The van der Waals surface area contributed by atoms with Gasteiger partial charge in [0, 0.05) is 5.02 Å². The number of aliphatic imine (C=N–C) groups is 1. The summed E-state index contributed by atoms with van der Waals surface area (Å²) in [6, 6.07) is 6.51. The van der Waals surface area contributed by atoms with E-state index in [4.69, 9.17) is 23.2 Å². The van der Waals surface area contributed by atoms with Crippen LogP contribution < -0.4 is 0 Å². The quantitative estimate of drug-likeness (QED) is 0.708.